The molecule has 0 unspecified atom stereocenters. The molecule has 106 valence electrons. The quantitative estimate of drug-likeness (QED) is 0.800. The molecule has 0 aliphatic carbocycles. The van der Waals surface area contributed by atoms with Gasteiger partial charge in [-0.3, -0.25) is 9.78 Å². The van der Waals surface area contributed by atoms with Crippen LogP contribution in [0.1, 0.15) is 13.8 Å². The van der Waals surface area contributed by atoms with Crippen molar-refractivity contribution >= 4 is 22.8 Å². The van der Waals surface area contributed by atoms with E-state index in [1.54, 1.807) is 17.1 Å². The fourth-order valence-electron chi connectivity index (χ4n) is 2.24. The Morgan fingerprint density at radius 1 is 1.29 bits per heavy atom. The molecule has 3 rings (SSSR count). The van der Waals surface area contributed by atoms with E-state index in [-0.39, 0.29) is 5.91 Å². The van der Waals surface area contributed by atoms with Crippen LogP contribution in [0.2, 0.25) is 0 Å². The third-order valence-electron chi connectivity index (χ3n) is 3.19. The molecule has 0 atom stereocenters. The minimum absolute atomic E-state index is 0.146. The number of amides is 1. The summed E-state index contributed by atoms with van der Waals surface area (Å²) in [6, 6.07) is 5.83. The first kappa shape index (κ1) is 13.2. The molecule has 3 aromatic rings. The number of hydrogen-bond donors (Lipinski definition) is 1. The number of hydrogen-bond acceptors (Lipinski definition) is 4. The molecule has 6 nitrogen and oxygen atoms in total. The fraction of sp³-hybridized carbons (Fsp3) is 0.200. The lowest BCUT2D eigenvalue weighted by atomic mass is 10.1. The topological polar surface area (TPSA) is 72.7 Å². The molecule has 0 aromatic carbocycles. The lowest BCUT2D eigenvalue weighted by Gasteiger charge is -2.02. The lowest BCUT2D eigenvalue weighted by Crippen LogP contribution is -2.07. The Morgan fingerprint density at radius 2 is 2.05 bits per heavy atom. The maximum absolute atomic E-state index is 11.3. The molecule has 3 aromatic heterocycles. The zero-order valence-corrected chi connectivity index (χ0v) is 11.9. The summed E-state index contributed by atoms with van der Waals surface area (Å²) < 4.78 is 1.77. The predicted octanol–water partition coefficient (Wildman–Crippen LogP) is 2.47. The van der Waals surface area contributed by atoms with Crippen molar-refractivity contribution in [2.45, 2.75) is 20.4 Å². The van der Waals surface area contributed by atoms with Crippen molar-refractivity contribution in [2.24, 2.45) is 0 Å². The van der Waals surface area contributed by atoms with Gasteiger partial charge in [-0.25, -0.2) is 9.67 Å². The van der Waals surface area contributed by atoms with Crippen LogP contribution in [0.5, 0.6) is 0 Å². The molecule has 0 saturated heterocycles. The number of fused-ring (bicyclic) bond motifs is 1. The SMILES string of the molecule is CCn1nc(NC(C)=O)c2cc(-c3ccncc3)cnc21. The number of anilines is 1. The number of rotatable bonds is 3. The van der Waals surface area contributed by atoms with E-state index in [4.69, 9.17) is 0 Å². The van der Waals surface area contributed by atoms with E-state index in [1.165, 1.54) is 6.92 Å². The molecule has 3 heterocycles. The van der Waals surface area contributed by atoms with Gasteiger partial charge in [0.15, 0.2) is 11.5 Å². The van der Waals surface area contributed by atoms with Gasteiger partial charge in [0.1, 0.15) is 0 Å². The third kappa shape index (κ3) is 2.47. The first-order valence-corrected chi connectivity index (χ1v) is 6.73. The van der Waals surface area contributed by atoms with Gasteiger partial charge in [-0.05, 0) is 30.7 Å². The predicted molar refractivity (Wildman–Crippen MR) is 80.7 cm³/mol. The number of aryl methyl sites for hydroxylation is 1. The molecular weight excluding hydrogens is 266 g/mol. The minimum atomic E-state index is -0.146. The van der Waals surface area contributed by atoms with Crippen molar-refractivity contribution in [3.05, 3.63) is 36.8 Å². The molecule has 1 amide bonds. The van der Waals surface area contributed by atoms with Crippen molar-refractivity contribution in [1.82, 2.24) is 19.7 Å². The molecule has 0 aliphatic heterocycles. The van der Waals surface area contributed by atoms with Crippen molar-refractivity contribution in [3.8, 4) is 11.1 Å². The molecule has 0 bridgehead atoms. The number of aromatic nitrogens is 4. The van der Waals surface area contributed by atoms with E-state index < -0.39 is 0 Å². The van der Waals surface area contributed by atoms with Crippen LogP contribution in [0.15, 0.2) is 36.8 Å². The zero-order valence-electron chi connectivity index (χ0n) is 11.9. The van der Waals surface area contributed by atoms with Crippen molar-refractivity contribution < 1.29 is 4.79 Å². The Morgan fingerprint density at radius 3 is 2.71 bits per heavy atom. The first-order chi connectivity index (χ1) is 10.2. The molecule has 1 N–H and O–H groups in total. The van der Waals surface area contributed by atoms with Gasteiger partial charge in [-0.15, -0.1) is 0 Å². The molecule has 6 heteroatoms. The zero-order chi connectivity index (χ0) is 14.8. The highest BCUT2D eigenvalue weighted by Crippen LogP contribution is 2.27. The van der Waals surface area contributed by atoms with Gasteiger partial charge in [0.25, 0.3) is 0 Å². The highest BCUT2D eigenvalue weighted by atomic mass is 16.1. The van der Waals surface area contributed by atoms with Crippen molar-refractivity contribution in [3.63, 3.8) is 0 Å². The largest absolute Gasteiger partial charge is 0.309 e. The molecule has 0 aliphatic rings. The normalized spacial score (nSPS) is 10.8. The van der Waals surface area contributed by atoms with Crippen LogP contribution in [0.4, 0.5) is 5.82 Å². The number of nitrogens with one attached hydrogen (secondary N) is 1. The summed E-state index contributed by atoms with van der Waals surface area (Å²) in [7, 11) is 0. The van der Waals surface area contributed by atoms with E-state index in [0.717, 1.165) is 22.2 Å². The maximum atomic E-state index is 11.3. The summed E-state index contributed by atoms with van der Waals surface area (Å²) in [4.78, 5) is 19.8. The summed E-state index contributed by atoms with van der Waals surface area (Å²) in [6.07, 6.45) is 5.29. The lowest BCUT2D eigenvalue weighted by molar-refractivity contribution is -0.114. The Labute approximate surface area is 121 Å². The summed E-state index contributed by atoms with van der Waals surface area (Å²) >= 11 is 0. The van der Waals surface area contributed by atoms with Gasteiger partial charge >= 0.3 is 0 Å². The number of nitrogens with zero attached hydrogens (tertiary/aromatic N) is 4. The second kappa shape index (κ2) is 5.32. The van der Waals surface area contributed by atoms with Crippen LogP contribution >= 0.6 is 0 Å². The monoisotopic (exact) mass is 281 g/mol. The second-order valence-electron chi connectivity index (χ2n) is 4.68. The minimum Gasteiger partial charge on any atom is -0.309 e. The molecule has 0 spiro atoms. The number of carbonyl (C=O) groups excluding carboxylic acids is 1. The van der Waals surface area contributed by atoms with E-state index in [1.807, 2.05) is 31.3 Å². The molecule has 21 heavy (non-hydrogen) atoms. The number of pyridine rings is 2. The summed E-state index contributed by atoms with van der Waals surface area (Å²) in [5.74, 6) is 0.398. The van der Waals surface area contributed by atoms with Gasteiger partial charge in [-0.2, -0.15) is 5.10 Å². The van der Waals surface area contributed by atoms with Gasteiger partial charge in [0, 0.05) is 37.6 Å². The van der Waals surface area contributed by atoms with Crippen molar-refractivity contribution in [2.75, 3.05) is 5.32 Å². The van der Waals surface area contributed by atoms with Crippen LogP contribution in [0, 0.1) is 0 Å². The summed E-state index contributed by atoms with van der Waals surface area (Å²) in [5, 5.41) is 7.99. The van der Waals surface area contributed by atoms with Gasteiger partial charge in [0.05, 0.1) is 5.39 Å². The Kier molecular flexibility index (Phi) is 3.35. The van der Waals surface area contributed by atoms with E-state index in [0.29, 0.717) is 12.4 Å². The van der Waals surface area contributed by atoms with Crippen LogP contribution in [-0.2, 0) is 11.3 Å². The fourth-order valence-corrected chi connectivity index (χ4v) is 2.24. The first-order valence-electron chi connectivity index (χ1n) is 6.73. The average molecular weight is 281 g/mol. The van der Waals surface area contributed by atoms with Gasteiger partial charge in [0.2, 0.25) is 5.91 Å². The van der Waals surface area contributed by atoms with Crippen LogP contribution in [-0.4, -0.2) is 25.7 Å². The average Bonchev–Trinajstić information content (AvgIpc) is 2.85. The smallest absolute Gasteiger partial charge is 0.222 e. The Bertz CT molecular complexity index is 794. The third-order valence-corrected chi connectivity index (χ3v) is 3.19. The summed E-state index contributed by atoms with van der Waals surface area (Å²) in [6.45, 7) is 4.15. The maximum Gasteiger partial charge on any atom is 0.222 e. The summed E-state index contributed by atoms with van der Waals surface area (Å²) in [5.41, 5.74) is 2.75. The highest BCUT2D eigenvalue weighted by molar-refractivity contribution is 5.99. The van der Waals surface area contributed by atoms with E-state index >= 15 is 0 Å². The highest BCUT2D eigenvalue weighted by Gasteiger charge is 2.13. The second-order valence-corrected chi connectivity index (χ2v) is 4.68. The van der Waals surface area contributed by atoms with Crippen molar-refractivity contribution in [1.29, 1.82) is 0 Å². The van der Waals surface area contributed by atoms with Crippen LogP contribution in [0.25, 0.3) is 22.2 Å². The van der Waals surface area contributed by atoms with Gasteiger partial charge < -0.3 is 5.32 Å². The van der Waals surface area contributed by atoms with Gasteiger partial charge in [-0.1, -0.05) is 0 Å². The van der Waals surface area contributed by atoms with E-state index in [9.17, 15) is 4.79 Å². The molecule has 0 radical (unpaired) electrons. The van der Waals surface area contributed by atoms with Crippen LogP contribution in [0.3, 0.4) is 0 Å². The molecule has 0 saturated carbocycles. The van der Waals surface area contributed by atoms with E-state index in [2.05, 4.69) is 20.4 Å². The Hall–Kier alpha value is -2.76. The molecule has 0 fully saturated rings. The molecular formula is C15H15N5O. The van der Waals surface area contributed by atoms with Crippen LogP contribution < -0.4 is 5.32 Å². The Balaban J connectivity index is 2.17. The standard InChI is InChI=1S/C15H15N5O/c1-3-20-15-13(14(19-20)18-10(2)21)8-12(9-17-15)11-4-6-16-7-5-11/h4-9H,3H2,1-2H3,(H,18,19,21). The number of carbonyl (C=O) groups is 1.